The van der Waals surface area contributed by atoms with Crippen LogP contribution in [0.15, 0.2) is 0 Å². The van der Waals surface area contributed by atoms with Crippen LogP contribution in [-0.2, 0) is 22.2 Å². The molecule has 1 aliphatic heterocycles. The van der Waals surface area contributed by atoms with E-state index in [-0.39, 0.29) is 31.9 Å². The van der Waals surface area contributed by atoms with Crippen LogP contribution in [0.1, 0.15) is 0 Å². The molecule has 12 atom stereocenters. The third kappa shape index (κ3) is 11.5. The van der Waals surface area contributed by atoms with E-state index < -0.39 is 21.0 Å². The second-order valence-electron chi connectivity index (χ2n) is 4.90. The fraction of sp³-hybridized carbons (Fsp3) is 1.00. The summed E-state index contributed by atoms with van der Waals surface area (Å²) in [6.45, 7) is 8.15. The van der Waals surface area contributed by atoms with Crippen LogP contribution < -0.4 is 0 Å². The van der Waals surface area contributed by atoms with Gasteiger partial charge >= 0.3 is 0 Å². The Hall–Kier alpha value is 4.64. The van der Waals surface area contributed by atoms with Gasteiger partial charge in [-0.3, -0.25) is 8.37 Å². The van der Waals surface area contributed by atoms with Crippen molar-refractivity contribution in [2.45, 2.75) is 24.6 Å². The summed E-state index contributed by atoms with van der Waals surface area (Å²) in [5, 5.41) is 0. The number of hydrogen-bond donors (Lipinski definition) is 0. The van der Waals surface area contributed by atoms with Gasteiger partial charge in [0.25, 0.3) is 0 Å². The van der Waals surface area contributed by atoms with Crippen molar-refractivity contribution in [2.75, 3.05) is 33.3 Å². The van der Waals surface area contributed by atoms with Crippen molar-refractivity contribution >= 4 is 108 Å². The predicted octanol–water partition coefficient (Wildman–Crippen LogP) is 7.37. The van der Waals surface area contributed by atoms with Gasteiger partial charge < -0.3 is 13.8 Å². The van der Waals surface area contributed by atoms with Crippen LogP contribution in [0.2, 0.25) is 0 Å². The zero-order chi connectivity index (χ0) is 19.7. The highest BCUT2D eigenvalue weighted by atomic mass is 33.1. The molecule has 0 amide bonds. The molecule has 156 valence electrons. The molecule has 1 rings (SSSR count). The summed E-state index contributed by atoms with van der Waals surface area (Å²) in [6.07, 6.45) is -1.24. The van der Waals surface area contributed by atoms with E-state index in [0.717, 1.165) is 0 Å². The minimum absolute atomic E-state index is 0.177. The molecule has 0 aromatic carbocycles. The molecule has 1 saturated heterocycles. The van der Waals surface area contributed by atoms with Gasteiger partial charge in [-0.25, -0.2) is 0 Å². The summed E-state index contributed by atoms with van der Waals surface area (Å²) in [5.74, 6) is 0. The third-order valence-corrected chi connectivity index (χ3v) is 16.6. The van der Waals surface area contributed by atoms with E-state index in [4.69, 9.17) is 22.2 Å². The Bertz CT molecular complexity index is 392. The largest absolute Gasteiger partial charge is 0.346 e. The molecule has 0 aromatic rings. The lowest BCUT2D eigenvalue weighted by molar-refractivity contribution is -0.213. The molecular formula is C9H26O5P8S4. The number of ether oxygens (including phenoxy) is 1. The topological polar surface area (TPSA) is 46.2 Å². The summed E-state index contributed by atoms with van der Waals surface area (Å²) in [5.41, 5.74) is 0. The van der Waals surface area contributed by atoms with Gasteiger partial charge in [-0.1, -0.05) is 56.7 Å². The fourth-order valence-electron chi connectivity index (χ4n) is 1.79. The third-order valence-electron chi connectivity index (χ3n) is 2.76. The first kappa shape index (κ1) is 28.7. The minimum atomic E-state index is -0.663. The van der Waals surface area contributed by atoms with Crippen molar-refractivity contribution in [1.82, 2.24) is 0 Å². The Balaban J connectivity index is 2.95. The zero-order valence-corrected chi connectivity index (χ0v) is 26.3. The lowest BCUT2D eigenvalue weighted by Gasteiger charge is -2.42. The van der Waals surface area contributed by atoms with Crippen LogP contribution in [-0.4, -0.2) is 57.9 Å². The Kier molecular flexibility index (Phi) is 18.0. The first-order valence-corrected chi connectivity index (χ1v) is 25.8. The van der Waals surface area contributed by atoms with Crippen molar-refractivity contribution in [3.8, 4) is 0 Å². The van der Waals surface area contributed by atoms with E-state index in [9.17, 15) is 0 Å². The van der Waals surface area contributed by atoms with E-state index in [1.54, 1.807) is 22.0 Å². The second-order valence-corrected chi connectivity index (χ2v) is 29.8. The maximum atomic E-state index is 6.35. The van der Waals surface area contributed by atoms with Gasteiger partial charge in [-0.2, -0.15) is 0 Å². The van der Waals surface area contributed by atoms with Crippen LogP contribution in [0.3, 0.4) is 0 Å². The van der Waals surface area contributed by atoms with Crippen LogP contribution >= 0.6 is 108 Å². The quantitative estimate of drug-likeness (QED) is 0.171. The van der Waals surface area contributed by atoms with Gasteiger partial charge in [0.05, 0.1) is 21.3 Å². The summed E-state index contributed by atoms with van der Waals surface area (Å²) in [7, 11) is 9.61. The summed E-state index contributed by atoms with van der Waals surface area (Å²) < 4.78 is 30.6. The van der Waals surface area contributed by atoms with Crippen molar-refractivity contribution in [1.29, 1.82) is 0 Å². The molecule has 0 N–H and O–H groups in total. The molecule has 0 saturated carbocycles. The van der Waals surface area contributed by atoms with Crippen molar-refractivity contribution in [3.63, 3.8) is 0 Å². The van der Waals surface area contributed by atoms with Crippen LogP contribution in [0.25, 0.3) is 0 Å². The highest BCUT2D eigenvalue weighted by molar-refractivity contribution is 8.78. The number of hydrogen-bond acceptors (Lipinski definition) is 9. The first-order valence-electron chi connectivity index (χ1n) is 7.08. The van der Waals surface area contributed by atoms with Crippen LogP contribution in [0, 0.1) is 0 Å². The van der Waals surface area contributed by atoms with E-state index in [0.29, 0.717) is 6.61 Å². The van der Waals surface area contributed by atoms with Gasteiger partial charge in [0.1, 0.15) is 12.2 Å². The lowest BCUT2D eigenvalue weighted by Crippen LogP contribution is -2.54. The van der Waals surface area contributed by atoms with Gasteiger partial charge in [0, 0.05) is 23.3 Å². The molecule has 17 heteroatoms. The average molecular weight is 590 g/mol. The molecule has 1 heterocycles. The summed E-state index contributed by atoms with van der Waals surface area (Å²) in [6, 6.07) is 0. The van der Waals surface area contributed by atoms with Gasteiger partial charge in [0.15, 0.2) is 6.10 Å². The first-order chi connectivity index (χ1) is 12.3. The molecule has 0 aliphatic carbocycles. The van der Waals surface area contributed by atoms with Gasteiger partial charge in [-0.15, -0.1) is 0 Å². The smallest absolute Gasteiger partial charge is 0.201 e. The SMILES string of the molecule is CP(P)SOC1OC[C@@H](OP(C)SP)[C@@H](OP(C)SP)C1OSP(C)P. The zero-order valence-electron chi connectivity index (χ0n) is 14.8. The molecule has 26 heavy (non-hydrogen) atoms. The Morgan fingerprint density at radius 1 is 0.846 bits per heavy atom. The maximum Gasteiger partial charge on any atom is 0.201 e. The predicted molar refractivity (Wildman–Crippen MR) is 146 cm³/mol. The summed E-state index contributed by atoms with van der Waals surface area (Å²) >= 11 is 6.17. The standard InChI is InChI=1S/C9H26O5P8S4/c1-19(25-17)11-6-5-10-9(14-24-22(4)16)8(13-23-21(3)15)7(6)12-20(2)26-18/h6-9H,5,15-18H2,1-4H3/t6-,7-,8?,9?,19?,20?,21?,22?/m1/s1. The second kappa shape index (κ2) is 16.3. The molecule has 0 spiro atoms. The Labute approximate surface area is 187 Å². The normalized spacial score (nSPS) is 31.4. The molecular weight excluding hydrogens is 564 g/mol. The van der Waals surface area contributed by atoms with Gasteiger partial charge in [-0.05, 0) is 40.3 Å². The van der Waals surface area contributed by atoms with E-state index in [1.807, 2.05) is 0 Å². The molecule has 5 nitrogen and oxygen atoms in total. The highest BCUT2D eigenvalue weighted by Gasteiger charge is 2.46. The van der Waals surface area contributed by atoms with Crippen LogP contribution in [0.4, 0.5) is 0 Å². The molecule has 0 radical (unpaired) electrons. The summed E-state index contributed by atoms with van der Waals surface area (Å²) in [4.78, 5) is 0. The lowest BCUT2D eigenvalue weighted by atomic mass is 10.1. The molecule has 0 bridgehead atoms. The van der Waals surface area contributed by atoms with Crippen molar-refractivity contribution in [3.05, 3.63) is 0 Å². The molecule has 1 aliphatic rings. The number of rotatable bonds is 12. The Morgan fingerprint density at radius 2 is 1.38 bits per heavy atom. The van der Waals surface area contributed by atoms with E-state index in [1.165, 1.54) is 23.3 Å². The molecule has 10 unspecified atom stereocenters. The maximum absolute atomic E-state index is 6.35. The van der Waals surface area contributed by atoms with Crippen LogP contribution in [0.5, 0.6) is 0 Å². The van der Waals surface area contributed by atoms with Crippen molar-refractivity contribution in [2.24, 2.45) is 0 Å². The highest BCUT2D eigenvalue weighted by Crippen LogP contribution is 2.60. The molecule has 1 fully saturated rings. The Morgan fingerprint density at radius 3 is 1.92 bits per heavy atom. The van der Waals surface area contributed by atoms with E-state index in [2.05, 4.69) is 61.4 Å². The fourth-order valence-corrected chi connectivity index (χ4v) is 7.95. The van der Waals surface area contributed by atoms with E-state index >= 15 is 0 Å². The minimum Gasteiger partial charge on any atom is -0.346 e. The van der Waals surface area contributed by atoms with Gasteiger partial charge in [0.2, 0.25) is 6.29 Å². The molecule has 0 aromatic heterocycles. The van der Waals surface area contributed by atoms with Crippen molar-refractivity contribution < 1.29 is 22.2 Å². The monoisotopic (exact) mass is 590 g/mol. The average Bonchev–Trinajstić information content (AvgIpc) is 2.59.